The van der Waals surface area contributed by atoms with Gasteiger partial charge >= 0.3 is 12.1 Å². The number of aromatic nitrogens is 1. The summed E-state index contributed by atoms with van der Waals surface area (Å²) in [6.45, 7) is 1.56. The van der Waals surface area contributed by atoms with E-state index in [1.165, 1.54) is 0 Å². The van der Waals surface area contributed by atoms with E-state index in [0.717, 1.165) is 18.7 Å². The molecule has 3 fully saturated rings. The Kier molecular flexibility index (Phi) is 7.20. The fourth-order valence-corrected chi connectivity index (χ4v) is 6.96. The normalized spacial score (nSPS) is 33.6. The highest BCUT2D eigenvalue weighted by molar-refractivity contribution is 5.86. The smallest absolute Gasteiger partial charge is 0.379 e. The molecule has 2 aliphatic heterocycles. The molecular formula is C25H33F3N4O5. The number of methoxy groups -OCH3 is 1. The summed E-state index contributed by atoms with van der Waals surface area (Å²) < 4.78 is 50.9. The van der Waals surface area contributed by atoms with Gasteiger partial charge in [0.15, 0.2) is 0 Å². The van der Waals surface area contributed by atoms with E-state index in [1.54, 1.807) is 12.0 Å². The van der Waals surface area contributed by atoms with Gasteiger partial charge in [-0.1, -0.05) is 0 Å². The number of hydrogen-bond donors (Lipinski definition) is 2. The molecule has 2 saturated carbocycles. The van der Waals surface area contributed by atoms with Crippen molar-refractivity contribution in [2.45, 2.75) is 69.4 Å². The molecule has 5 rings (SSSR count). The van der Waals surface area contributed by atoms with Gasteiger partial charge < -0.3 is 24.5 Å². The van der Waals surface area contributed by atoms with Crippen molar-refractivity contribution in [1.29, 1.82) is 0 Å². The van der Waals surface area contributed by atoms with Gasteiger partial charge in [-0.3, -0.25) is 14.6 Å². The molecule has 0 bridgehead atoms. The number of pyridine rings is 1. The molecular weight excluding hydrogens is 493 g/mol. The molecule has 1 amide bonds. The van der Waals surface area contributed by atoms with Crippen molar-refractivity contribution in [2.24, 2.45) is 23.1 Å². The Bertz CT molecular complexity index is 1040. The first-order chi connectivity index (χ1) is 17.6. The van der Waals surface area contributed by atoms with Crippen LogP contribution in [0.5, 0.6) is 0 Å². The Morgan fingerprint density at radius 2 is 2.11 bits per heavy atom. The predicted molar refractivity (Wildman–Crippen MR) is 123 cm³/mol. The van der Waals surface area contributed by atoms with Crippen LogP contribution in [0.4, 0.5) is 13.2 Å². The number of amides is 1. The quantitative estimate of drug-likeness (QED) is 0.560. The molecule has 3 N–H and O–H groups in total. The molecule has 1 saturated heterocycles. The van der Waals surface area contributed by atoms with Crippen LogP contribution in [0.2, 0.25) is 0 Å². The van der Waals surface area contributed by atoms with Crippen molar-refractivity contribution in [3.05, 3.63) is 29.1 Å². The number of halogens is 3. The lowest BCUT2D eigenvalue weighted by Gasteiger charge is -2.38. The second kappa shape index (κ2) is 10.1. The summed E-state index contributed by atoms with van der Waals surface area (Å²) in [6.07, 6.45) is -0.526. The Morgan fingerprint density at radius 1 is 1.30 bits per heavy atom. The molecule has 0 spiro atoms. The first-order valence-corrected chi connectivity index (χ1v) is 12.8. The van der Waals surface area contributed by atoms with Crippen molar-refractivity contribution in [1.82, 2.24) is 15.2 Å². The van der Waals surface area contributed by atoms with E-state index < -0.39 is 29.0 Å². The van der Waals surface area contributed by atoms with Gasteiger partial charge in [0, 0.05) is 57.2 Å². The number of nitrogens with one attached hydrogen (secondary N) is 1. The first-order valence-electron chi connectivity index (χ1n) is 12.8. The average Bonchev–Trinajstić information content (AvgIpc) is 3.41. The van der Waals surface area contributed by atoms with E-state index in [1.807, 2.05) is 0 Å². The molecule has 12 heteroatoms. The number of carbonyl (C=O) groups is 2. The summed E-state index contributed by atoms with van der Waals surface area (Å²) in [6, 6.07) is 1.23. The molecule has 6 atom stereocenters. The maximum Gasteiger partial charge on any atom is 0.417 e. The second-order valence-electron chi connectivity index (χ2n) is 10.8. The highest BCUT2D eigenvalue weighted by Gasteiger charge is 2.60. The molecule has 0 aromatic carbocycles. The molecule has 9 nitrogen and oxygen atoms in total. The largest absolute Gasteiger partial charge is 0.417 e. The summed E-state index contributed by atoms with van der Waals surface area (Å²) in [5.41, 5.74) is -0.636. The van der Waals surface area contributed by atoms with Crippen LogP contribution < -0.4 is 11.2 Å². The summed E-state index contributed by atoms with van der Waals surface area (Å²) in [5.74, 6) is 3.97. The zero-order valence-corrected chi connectivity index (χ0v) is 20.8. The number of alkyl halides is 3. The van der Waals surface area contributed by atoms with E-state index >= 15 is 0 Å². The Hall–Kier alpha value is -2.28. The van der Waals surface area contributed by atoms with Crippen molar-refractivity contribution < 1.29 is 37.1 Å². The molecule has 2 unspecified atom stereocenters. The maximum absolute atomic E-state index is 14.1. The third kappa shape index (κ3) is 4.96. The van der Waals surface area contributed by atoms with Crippen LogP contribution in [-0.4, -0.2) is 66.8 Å². The Morgan fingerprint density at radius 3 is 2.84 bits per heavy atom. The number of fused-ring (bicyclic) bond motifs is 2. The van der Waals surface area contributed by atoms with Crippen molar-refractivity contribution in [3.8, 4) is 0 Å². The highest BCUT2D eigenvalue weighted by atomic mass is 19.4. The minimum Gasteiger partial charge on any atom is -0.379 e. The SMILES string of the molecule is COC1COCCC1N[C@@H]1C[C@H]2C[C@H](C(=O)ON)C[C@@]2(C(=O)N2CCc3ncc(C(F)(F)F)cc3C2)C1. The molecule has 1 aromatic rings. The van der Waals surface area contributed by atoms with Gasteiger partial charge in [0.25, 0.3) is 0 Å². The lowest BCUT2D eigenvalue weighted by molar-refractivity contribution is -0.150. The predicted octanol–water partition coefficient (Wildman–Crippen LogP) is 1.97. The van der Waals surface area contributed by atoms with Crippen LogP contribution >= 0.6 is 0 Å². The van der Waals surface area contributed by atoms with Gasteiger partial charge in [-0.25, -0.2) is 0 Å². The fourth-order valence-electron chi connectivity index (χ4n) is 6.96. The monoisotopic (exact) mass is 526 g/mol. The van der Waals surface area contributed by atoms with Crippen LogP contribution in [0.1, 0.15) is 48.9 Å². The molecule has 204 valence electrons. The van der Waals surface area contributed by atoms with Crippen molar-refractivity contribution in [3.63, 3.8) is 0 Å². The minimum absolute atomic E-state index is 0.0418. The van der Waals surface area contributed by atoms with E-state index in [0.29, 0.717) is 63.1 Å². The van der Waals surface area contributed by atoms with Crippen molar-refractivity contribution >= 4 is 11.9 Å². The van der Waals surface area contributed by atoms with Crippen LogP contribution in [-0.2, 0) is 43.0 Å². The summed E-state index contributed by atoms with van der Waals surface area (Å²) >= 11 is 0. The van der Waals surface area contributed by atoms with Crippen LogP contribution in [0, 0.1) is 17.3 Å². The number of hydrogen-bond acceptors (Lipinski definition) is 8. The zero-order valence-electron chi connectivity index (χ0n) is 20.8. The first kappa shape index (κ1) is 26.3. The molecule has 0 radical (unpaired) electrons. The van der Waals surface area contributed by atoms with Crippen LogP contribution in [0.15, 0.2) is 12.3 Å². The van der Waals surface area contributed by atoms with Gasteiger partial charge in [0.2, 0.25) is 5.91 Å². The van der Waals surface area contributed by atoms with Crippen molar-refractivity contribution in [2.75, 3.05) is 26.9 Å². The van der Waals surface area contributed by atoms with E-state index in [4.69, 9.17) is 15.4 Å². The molecule has 2 aliphatic carbocycles. The third-order valence-corrected chi connectivity index (χ3v) is 8.73. The molecule has 1 aromatic heterocycles. The number of rotatable bonds is 5. The number of nitrogens with zero attached hydrogens (tertiary/aromatic N) is 2. The second-order valence-corrected chi connectivity index (χ2v) is 10.8. The van der Waals surface area contributed by atoms with Crippen LogP contribution in [0.3, 0.4) is 0 Å². The van der Waals surface area contributed by atoms with Gasteiger partial charge in [-0.05, 0) is 49.7 Å². The molecule has 4 aliphatic rings. The van der Waals surface area contributed by atoms with Gasteiger partial charge in [0.1, 0.15) is 0 Å². The summed E-state index contributed by atoms with van der Waals surface area (Å²) in [4.78, 5) is 36.6. The standard InChI is InChI=1S/C25H33F3N4O5/c1-35-21-13-36-5-3-20(21)31-18-8-16-6-14(22(33)37-29)9-24(16,10-18)23(34)32-4-2-19-15(12-32)7-17(11-30-19)25(26,27)28/h7,11,14,16,18,20-21,31H,2-6,8-10,12-13,29H2,1H3/t14-,16+,18+,20?,21?,24+/m0/s1. The van der Waals surface area contributed by atoms with E-state index in [-0.39, 0.29) is 36.6 Å². The average molecular weight is 527 g/mol. The van der Waals surface area contributed by atoms with E-state index in [9.17, 15) is 22.8 Å². The van der Waals surface area contributed by atoms with Gasteiger partial charge in [0.05, 0.1) is 29.6 Å². The lowest BCUT2D eigenvalue weighted by atomic mass is 9.78. The topological polar surface area (TPSA) is 116 Å². The van der Waals surface area contributed by atoms with Crippen LogP contribution in [0.25, 0.3) is 0 Å². The van der Waals surface area contributed by atoms with Gasteiger partial charge in [-0.15, -0.1) is 0 Å². The maximum atomic E-state index is 14.1. The number of nitrogens with two attached hydrogens (primary N) is 1. The minimum atomic E-state index is -4.51. The van der Waals surface area contributed by atoms with Gasteiger partial charge in [-0.2, -0.15) is 19.1 Å². The highest BCUT2D eigenvalue weighted by Crippen LogP contribution is 2.58. The third-order valence-electron chi connectivity index (χ3n) is 8.73. The fraction of sp³-hybridized carbons (Fsp3) is 0.720. The number of ether oxygens (including phenoxy) is 2. The number of carbonyl (C=O) groups excluding carboxylic acids is 2. The van der Waals surface area contributed by atoms with E-state index in [2.05, 4.69) is 15.1 Å². The summed E-state index contributed by atoms with van der Waals surface area (Å²) in [5, 5.41) is 3.68. The Labute approximate surface area is 213 Å². The summed E-state index contributed by atoms with van der Waals surface area (Å²) in [7, 11) is 1.65. The Balaban J connectivity index is 1.37. The lowest BCUT2D eigenvalue weighted by Crippen LogP contribution is -2.51. The molecule has 37 heavy (non-hydrogen) atoms. The molecule has 3 heterocycles. The zero-order chi connectivity index (χ0) is 26.4.